The van der Waals surface area contributed by atoms with Gasteiger partial charge in [0.05, 0.1) is 38.1 Å². The molecule has 0 aliphatic carbocycles. The third kappa shape index (κ3) is 7.42. The summed E-state index contributed by atoms with van der Waals surface area (Å²) in [5.74, 6) is 2.01. The highest BCUT2D eigenvalue weighted by Gasteiger charge is 2.26. The summed E-state index contributed by atoms with van der Waals surface area (Å²) in [5.41, 5.74) is 2.78. The van der Waals surface area contributed by atoms with Gasteiger partial charge in [-0.25, -0.2) is 4.68 Å². The maximum atomic E-state index is 10.7. The second-order valence-electron chi connectivity index (χ2n) is 9.21. The fourth-order valence-electron chi connectivity index (χ4n) is 4.57. The Morgan fingerprint density at radius 3 is 2.76 bits per heavy atom. The molecule has 2 heterocycles. The summed E-state index contributed by atoms with van der Waals surface area (Å²) < 4.78 is 25.0. The molecule has 1 aromatic heterocycles. The molecule has 4 rings (SSSR count). The molecule has 1 saturated heterocycles. The van der Waals surface area contributed by atoms with E-state index in [1.54, 1.807) is 17.9 Å². The summed E-state index contributed by atoms with van der Waals surface area (Å²) in [7, 11) is 3.52. The molecule has 1 aliphatic heterocycles. The molecule has 0 spiro atoms. The summed E-state index contributed by atoms with van der Waals surface area (Å²) in [5, 5.41) is 15.6. The standard InChI is InChI=1S/C29H37N3O5/c1-4-15-35-21-23(33)18-32(19-26-14-9-16-36-26)20-27-28(22-10-6-5-7-11-22)30-31(2)29(27)37-25-13-8-12-24(17-25)34-3/h4-8,10-13,17,23,26,33H,1,9,14-16,18-21H2,2-3H3/t23-,26-/m1/s1. The molecule has 1 aliphatic rings. The van der Waals surface area contributed by atoms with E-state index in [0.717, 1.165) is 36.3 Å². The van der Waals surface area contributed by atoms with Gasteiger partial charge in [0, 0.05) is 44.9 Å². The van der Waals surface area contributed by atoms with E-state index in [-0.39, 0.29) is 12.7 Å². The molecule has 0 radical (unpaired) electrons. The molecule has 0 amide bonds. The Morgan fingerprint density at radius 1 is 1.22 bits per heavy atom. The lowest BCUT2D eigenvalue weighted by molar-refractivity contribution is 0.00844. The van der Waals surface area contributed by atoms with E-state index >= 15 is 0 Å². The Balaban J connectivity index is 1.66. The number of nitrogens with zero attached hydrogens (tertiary/aromatic N) is 3. The average Bonchev–Trinajstić information content (AvgIpc) is 3.53. The van der Waals surface area contributed by atoms with Crippen LogP contribution in [0.5, 0.6) is 17.4 Å². The van der Waals surface area contributed by atoms with Crippen molar-refractivity contribution in [1.82, 2.24) is 14.7 Å². The Kier molecular flexibility index (Phi) is 9.73. The topological polar surface area (TPSA) is 78.2 Å². The number of aliphatic hydroxyl groups excluding tert-OH is 1. The summed E-state index contributed by atoms with van der Waals surface area (Å²) >= 11 is 0. The van der Waals surface area contributed by atoms with Gasteiger partial charge in [-0.2, -0.15) is 5.10 Å². The zero-order valence-electron chi connectivity index (χ0n) is 21.7. The molecule has 2 aromatic carbocycles. The predicted octanol–water partition coefficient (Wildman–Crippen LogP) is 4.43. The van der Waals surface area contributed by atoms with Crippen molar-refractivity contribution in [3.8, 4) is 28.6 Å². The minimum atomic E-state index is -0.652. The predicted molar refractivity (Wildman–Crippen MR) is 143 cm³/mol. The number of aromatic nitrogens is 2. The van der Waals surface area contributed by atoms with Crippen molar-refractivity contribution in [2.24, 2.45) is 7.05 Å². The number of ether oxygens (including phenoxy) is 4. The largest absolute Gasteiger partial charge is 0.497 e. The van der Waals surface area contributed by atoms with Gasteiger partial charge in [-0.15, -0.1) is 6.58 Å². The van der Waals surface area contributed by atoms with E-state index in [1.165, 1.54) is 0 Å². The highest BCUT2D eigenvalue weighted by Crippen LogP contribution is 2.35. The second-order valence-corrected chi connectivity index (χ2v) is 9.21. The van der Waals surface area contributed by atoms with Crippen LogP contribution in [-0.2, 0) is 23.1 Å². The van der Waals surface area contributed by atoms with E-state index < -0.39 is 6.10 Å². The smallest absolute Gasteiger partial charge is 0.222 e. The molecular formula is C29H37N3O5. The lowest BCUT2D eigenvalue weighted by Gasteiger charge is -2.27. The Hall–Kier alpha value is -3.17. The Morgan fingerprint density at radius 2 is 2.03 bits per heavy atom. The van der Waals surface area contributed by atoms with Crippen LogP contribution in [0.25, 0.3) is 11.3 Å². The molecule has 1 fully saturated rings. The highest BCUT2D eigenvalue weighted by molar-refractivity contribution is 5.65. The zero-order valence-corrected chi connectivity index (χ0v) is 21.7. The first-order chi connectivity index (χ1) is 18.1. The van der Waals surface area contributed by atoms with Gasteiger partial charge in [0.15, 0.2) is 0 Å². The van der Waals surface area contributed by atoms with Crippen molar-refractivity contribution >= 4 is 0 Å². The molecule has 0 unspecified atom stereocenters. The van der Waals surface area contributed by atoms with E-state index in [0.29, 0.717) is 43.6 Å². The number of hydrogen-bond acceptors (Lipinski definition) is 7. The van der Waals surface area contributed by atoms with Crippen molar-refractivity contribution in [3.63, 3.8) is 0 Å². The number of methoxy groups -OCH3 is 1. The van der Waals surface area contributed by atoms with Gasteiger partial charge in [-0.3, -0.25) is 4.90 Å². The van der Waals surface area contributed by atoms with E-state index in [2.05, 4.69) is 11.5 Å². The number of aryl methyl sites for hydroxylation is 1. The maximum absolute atomic E-state index is 10.7. The van der Waals surface area contributed by atoms with Gasteiger partial charge in [0.1, 0.15) is 17.2 Å². The van der Waals surface area contributed by atoms with Crippen molar-refractivity contribution in [2.45, 2.75) is 31.6 Å². The molecule has 3 aromatic rings. The van der Waals surface area contributed by atoms with Crippen LogP contribution in [-0.4, -0.2) is 72.0 Å². The number of rotatable bonds is 14. The molecule has 37 heavy (non-hydrogen) atoms. The number of hydrogen-bond donors (Lipinski definition) is 1. The number of benzene rings is 2. The van der Waals surface area contributed by atoms with Crippen LogP contribution in [0.15, 0.2) is 67.3 Å². The van der Waals surface area contributed by atoms with E-state index in [4.69, 9.17) is 24.0 Å². The van der Waals surface area contributed by atoms with Crippen molar-refractivity contribution in [1.29, 1.82) is 0 Å². The van der Waals surface area contributed by atoms with Gasteiger partial charge in [0.2, 0.25) is 5.88 Å². The van der Waals surface area contributed by atoms with Gasteiger partial charge in [0.25, 0.3) is 0 Å². The average molecular weight is 508 g/mol. The van der Waals surface area contributed by atoms with Crippen LogP contribution in [0.1, 0.15) is 18.4 Å². The van der Waals surface area contributed by atoms with Gasteiger partial charge >= 0.3 is 0 Å². The maximum Gasteiger partial charge on any atom is 0.222 e. The zero-order chi connectivity index (χ0) is 26.0. The van der Waals surface area contributed by atoms with Crippen LogP contribution >= 0.6 is 0 Å². The van der Waals surface area contributed by atoms with Crippen LogP contribution in [0, 0.1) is 0 Å². The van der Waals surface area contributed by atoms with Crippen LogP contribution in [0.2, 0.25) is 0 Å². The first-order valence-electron chi connectivity index (χ1n) is 12.7. The minimum Gasteiger partial charge on any atom is -0.497 e. The summed E-state index contributed by atoms with van der Waals surface area (Å²) in [6, 6.07) is 17.6. The van der Waals surface area contributed by atoms with Gasteiger partial charge in [-0.1, -0.05) is 42.5 Å². The van der Waals surface area contributed by atoms with Gasteiger partial charge < -0.3 is 24.1 Å². The molecular weight excluding hydrogens is 470 g/mol. The first-order valence-corrected chi connectivity index (χ1v) is 12.7. The normalized spacial score (nSPS) is 16.2. The second kappa shape index (κ2) is 13.4. The Labute approximate surface area is 219 Å². The van der Waals surface area contributed by atoms with Crippen molar-refractivity contribution in [2.75, 3.05) is 40.0 Å². The van der Waals surface area contributed by atoms with E-state index in [9.17, 15) is 5.11 Å². The lowest BCUT2D eigenvalue weighted by atomic mass is 10.1. The minimum absolute atomic E-state index is 0.126. The van der Waals surface area contributed by atoms with Crippen LogP contribution < -0.4 is 9.47 Å². The van der Waals surface area contributed by atoms with Crippen molar-refractivity contribution < 1.29 is 24.1 Å². The molecule has 0 bridgehead atoms. The van der Waals surface area contributed by atoms with Crippen LogP contribution in [0.4, 0.5) is 0 Å². The van der Waals surface area contributed by atoms with E-state index in [1.807, 2.05) is 61.6 Å². The van der Waals surface area contributed by atoms with Crippen molar-refractivity contribution in [3.05, 3.63) is 72.8 Å². The molecule has 1 N–H and O–H groups in total. The fourth-order valence-corrected chi connectivity index (χ4v) is 4.57. The summed E-state index contributed by atoms with van der Waals surface area (Å²) in [6.45, 7) is 6.74. The third-order valence-electron chi connectivity index (χ3n) is 6.27. The fraction of sp³-hybridized carbons (Fsp3) is 0.414. The quantitative estimate of drug-likeness (QED) is 0.255. The van der Waals surface area contributed by atoms with Gasteiger partial charge in [-0.05, 0) is 25.0 Å². The molecule has 0 saturated carbocycles. The monoisotopic (exact) mass is 507 g/mol. The molecule has 8 heteroatoms. The molecule has 8 nitrogen and oxygen atoms in total. The SMILES string of the molecule is C=CCOC[C@H](O)CN(Cc1c(-c2ccccc2)nn(C)c1Oc1cccc(OC)c1)C[C@H]1CCCO1. The first kappa shape index (κ1) is 26.9. The third-order valence-corrected chi connectivity index (χ3v) is 6.27. The molecule has 2 atom stereocenters. The molecule has 198 valence electrons. The summed E-state index contributed by atoms with van der Waals surface area (Å²) in [4.78, 5) is 2.21. The number of aliphatic hydroxyl groups is 1. The summed E-state index contributed by atoms with van der Waals surface area (Å²) in [6.07, 6.45) is 3.21. The lowest BCUT2D eigenvalue weighted by Crippen LogP contribution is -2.39. The Bertz CT molecular complexity index is 1130. The highest BCUT2D eigenvalue weighted by atomic mass is 16.5. The van der Waals surface area contributed by atoms with Crippen LogP contribution in [0.3, 0.4) is 0 Å².